The third kappa shape index (κ3) is 3.57. The summed E-state index contributed by atoms with van der Waals surface area (Å²) in [5, 5.41) is 15.3. The Balaban J connectivity index is 1.95. The second-order valence-corrected chi connectivity index (χ2v) is 3.08. The van der Waals surface area contributed by atoms with Crippen molar-refractivity contribution in [3.63, 3.8) is 0 Å². The van der Waals surface area contributed by atoms with Crippen LogP contribution in [-0.2, 0) is 0 Å². The summed E-state index contributed by atoms with van der Waals surface area (Å²) in [5.74, 6) is 0.903. The maximum absolute atomic E-state index is 8.97. The second-order valence-electron chi connectivity index (χ2n) is 3.08. The zero-order chi connectivity index (χ0) is 8.81. The Morgan fingerprint density at radius 3 is 3.17 bits per heavy atom. The first-order chi connectivity index (χ1) is 5.79. The van der Waals surface area contributed by atoms with Gasteiger partial charge in [-0.25, -0.2) is 0 Å². The number of guanidine groups is 1. The molecule has 12 heavy (non-hydrogen) atoms. The van der Waals surface area contributed by atoms with E-state index in [1.165, 1.54) is 0 Å². The molecule has 1 rings (SSSR count). The molecule has 0 saturated heterocycles. The molecule has 1 atom stereocenters. The summed E-state index contributed by atoms with van der Waals surface area (Å²) in [4.78, 5) is 4.18. The molecule has 1 aliphatic rings. The minimum absolute atomic E-state index is 0.190. The maximum atomic E-state index is 8.97. The smallest absolute Gasteiger partial charge is 0.191 e. The van der Waals surface area contributed by atoms with Crippen LogP contribution in [0.1, 0.15) is 19.8 Å². The fourth-order valence-corrected chi connectivity index (χ4v) is 1.12. The molecule has 1 unspecified atom stereocenters. The quantitative estimate of drug-likeness (QED) is 0.509. The van der Waals surface area contributed by atoms with E-state index in [9.17, 15) is 0 Å². The molecule has 4 heteroatoms. The van der Waals surface area contributed by atoms with Crippen molar-refractivity contribution in [2.75, 3.05) is 19.6 Å². The van der Waals surface area contributed by atoms with Gasteiger partial charge in [-0.3, -0.25) is 4.99 Å². The van der Waals surface area contributed by atoms with Crippen LogP contribution in [0.5, 0.6) is 0 Å². The van der Waals surface area contributed by atoms with E-state index in [2.05, 4.69) is 15.6 Å². The molecule has 0 aromatic rings. The molecule has 0 saturated carbocycles. The zero-order valence-electron chi connectivity index (χ0n) is 7.51. The Morgan fingerprint density at radius 2 is 2.58 bits per heavy atom. The first kappa shape index (κ1) is 9.32. The molecule has 0 radical (unpaired) electrons. The molecule has 0 spiro atoms. The number of nitrogens with one attached hydrogen (secondary N) is 2. The second kappa shape index (κ2) is 4.98. The molecule has 0 aromatic heterocycles. The predicted octanol–water partition coefficient (Wildman–Crippen LogP) is -0.304. The van der Waals surface area contributed by atoms with E-state index in [0.29, 0.717) is 0 Å². The molecule has 4 nitrogen and oxygen atoms in total. The summed E-state index contributed by atoms with van der Waals surface area (Å²) in [6, 6.07) is 0. The van der Waals surface area contributed by atoms with Gasteiger partial charge in [-0.15, -0.1) is 0 Å². The van der Waals surface area contributed by atoms with Gasteiger partial charge in [-0.1, -0.05) is 0 Å². The fourth-order valence-electron chi connectivity index (χ4n) is 1.12. The van der Waals surface area contributed by atoms with E-state index in [-0.39, 0.29) is 6.10 Å². The van der Waals surface area contributed by atoms with Gasteiger partial charge in [-0.05, 0) is 19.8 Å². The van der Waals surface area contributed by atoms with Gasteiger partial charge in [0.15, 0.2) is 5.96 Å². The highest BCUT2D eigenvalue weighted by molar-refractivity contribution is 5.81. The van der Waals surface area contributed by atoms with Gasteiger partial charge in [0.25, 0.3) is 0 Å². The molecule has 0 fully saturated rings. The normalized spacial score (nSPS) is 18.3. The highest BCUT2D eigenvalue weighted by Crippen LogP contribution is 1.93. The third-order valence-electron chi connectivity index (χ3n) is 1.77. The van der Waals surface area contributed by atoms with E-state index in [0.717, 1.165) is 38.4 Å². The Morgan fingerprint density at radius 1 is 1.75 bits per heavy atom. The number of hydrogen-bond acceptors (Lipinski definition) is 4. The van der Waals surface area contributed by atoms with Crippen LogP contribution in [-0.4, -0.2) is 36.8 Å². The molecule has 1 aliphatic heterocycles. The molecular weight excluding hydrogens is 154 g/mol. The third-order valence-corrected chi connectivity index (χ3v) is 1.77. The first-order valence-corrected chi connectivity index (χ1v) is 4.49. The van der Waals surface area contributed by atoms with E-state index in [1.807, 2.05) is 6.92 Å². The van der Waals surface area contributed by atoms with Crippen LogP contribution in [0.4, 0.5) is 0 Å². The number of hydrogen-bond donors (Lipinski definition) is 3. The van der Waals surface area contributed by atoms with Crippen molar-refractivity contribution in [1.29, 1.82) is 0 Å². The average molecular weight is 171 g/mol. The molecule has 0 aromatic carbocycles. The van der Waals surface area contributed by atoms with Crippen molar-refractivity contribution < 1.29 is 5.11 Å². The number of aliphatic imine (C=N–C) groups is 1. The van der Waals surface area contributed by atoms with Crippen molar-refractivity contribution in [2.24, 2.45) is 4.99 Å². The predicted molar refractivity (Wildman–Crippen MR) is 49.2 cm³/mol. The van der Waals surface area contributed by atoms with Gasteiger partial charge >= 0.3 is 0 Å². The summed E-state index contributed by atoms with van der Waals surface area (Å²) >= 11 is 0. The van der Waals surface area contributed by atoms with Crippen molar-refractivity contribution >= 4 is 5.96 Å². The average Bonchev–Trinajstić information content (AvgIpc) is 2.49. The molecule has 0 amide bonds. The maximum Gasteiger partial charge on any atom is 0.191 e. The minimum Gasteiger partial charge on any atom is -0.393 e. The van der Waals surface area contributed by atoms with Crippen LogP contribution in [0.25, 0.3) is 0 Å². The lowest BCUT2D eigenvalue weighted by Crippen LogP contribution is -2.34. The molecule has 0 bridgehead atoms. The van der Waals surface area contributed by atoms with Crippen LogP contribution in [0, 0.1) is 0 Å². The lowest BCUT2D eigenvalue weighted by molar-refractivity contribution is 0.182. The standard InChI is InChI=1S/C8H17N3O/c1-7(12)3-2-4-9-8-10-5-6-11-8/h7,12H,2-6H2,1H3,(H2,9,10,11). The number of aliphatic hydroxyl groups excluding tert-OH is 1. The largest absolute Gasteiger partial charge is 0.393 e. The van der Waals surface area contributed by atoms with Crippen molar-refractivity contribution in [1.82, 2.24) is 10.6 Å². The fraction of sp³-hybridized carbons (Fsp3) is 0.875. The lowest BCUT2D eigenvalue weighted by Gasteiger charge is -2.06. The highest BCUT2D eigenvalue weighted by Gasteiger charge is 2.02. The Hall–Kier alpha value is -0.770. The van der Waals surface area contributed by atoms with Crippen LogP contribution in [0.3, 0.4) is 0 Å². The van der Waals surface area contributed by atoms with Crippen molar-refractivity contribution in [3.05, 3.63) is 0 Å². The Bertz CT molecular complexity index is 156. The van der Waals surface area contributed by atoms with Gasteiger partial charge in [-0.2, -0.15) is 0 Å². The molecular formula is C8H17N3O. The topological polar surface area (TPSA) is 56.6 Å². The van der Waals surface area contributed by atoms with E-state index < -0.39 is 0 Å². The van der Waals surface area contributed by atoms with Gasteiger partial charge in [0.2, 0.25) is 0 Å². The number of rotatable bonds is 4. The van der Waals surface area contributed by atoms with E-state index >= 15 is 0 Å². The molecule has 1 heterocycles. The highest BCUT2D eigenvalue weighted by atomic mass is 16.3. The van der Waals surface area contributed by atoms with Crippen molar-refractivity contribution in [2.45, 2.75) is 25.9 Å². The molecule has 0 aliphatic carbocycles. The van der Waals surface area contributed by atoms with E-state index in [4.69, 9.17) is 5.11 Å². The first-order valence-electron chi connectivity index (χ1n) is 4.49. The summed E-state index contributed by atoms with van der Waals surface area (Å²) in [6.45, 7) is 4.51. The van der Waals surface area contributed by atoms with Gasteiger partial charge in [0, 0.05) is 13.1 Å². The Kier molecular flexibility index (Phi) is 3.87. The SMILES string of the molecule is CC(O)CCCNC1=NCCN1. The molecule has 3 N–H and O–H groups in total. The number of nitrogens with zero attached hydrogens (tertiary/aromatic N) is 1. The summed E-state index contributed by atoms with van der Waals surface area (Å²) in [6.07, 6.45) is 1.64. The van der Waals surface area contributed by atoms with Crippen LogP contribution < -0.4 is 10.6 Å². The summed E-state index contributed by atoms with van der Waals surface area (Å²) in [5.41, 5.74) is 0. The number of aliphatic hydroxyl groups is 1. The lowest BCUT2D eigenvalue weighted by atomic mass is 10.2. The summed E-state index contributed by atoms with van der Waals surface area (Å²) in [7, 11) is 0. The van der Waals surface area contributed by atoms with Crippen molar-refractivity contribution in [3.8, 4) is 0 Å². The summed E-state index contributed by atoms with van der Waals surface area (Å²) < 4.78 is 0. The minimum atomic E-state index is -0.190. The van der Waals surface area contributed by atoms with E-state index in [1.54, 1.807) is 0 Å². The monoisotopic (exact) mass is 171 g/mol. The van der Waals surface area contributed by atoms with Crippen LogP contribution in [0.2, 0.25) is 0 Å². The van der Waals surface area contributed by atoms with Gasteiger partial charge < -0.3 is 15.7 Å². The van der Waals surface area contributed by atoms with Crippen LogP contribution in [0.15, 0.2) is 4.99 Å². The Labute approximate surface area is 73.1 Å². The zero-order valence-corrected chi connectivity index (χ0v) is 7.51. The molecule has 70 valence electrons. The van der Waals surface area contributed by atoms with Crippen LogP contribution >= 0.6 is 0 Å². The van der Waals surface area contributed by atoms with Gasteiger partial charge in [0.1, 0.15) is 0 Å². The van der Waals surface area contributed by atoms with Gasteiger partial charge in [0.05, 0.1) is 12.6 Å².